The number of sulfone groups is 1. The quantitative estimate of drug-likeness (QED) is 0.507. The van der Waals surface area contributed by atoms with Crippen LogP contribution >= 0.6 is 0 Å². The summed E-state index contributed by atoms with van der Waals surface area (Å²) in [7, 11) is -3.32. The van der Waals surface area contributed by atoms with E-state index in [9.17, 15) is 18.0 Å². The van der Waals surface area contributed by atoms with Gasteiger partial charge in [-0.15, -0.1) is 0 Å². The second-order valence-electron chi connectivity index (χ2n) is 9.83. The van der Waals surface area contributed by atoms with Crippen LogP contribution in [0.4, 0.5) is 0 Å². The number of primary amides is 1. The Morgan fingerprint density at radius 3 is 2.39 bits per heavy atom. The molecule has 2 amide bonds. The predicted octanol–water partition coefficient (Wildman–Crippen LogP) is 3.37. The molecule has 1 aromatic heterocycles. The number of pyridine rings is 1. The van der Waals surface area contributed by atoms with E-state index in [4.69, 9.17) is 10.5 Å². The molecular formula is C27H27N3O5S. The zero-order chi connectivity index (χ0) is 25.5. The maximum absolute atomic E-state index is 12.9. The van der Waals surface area contributed by atoms with E-state index in [-0.39, 0.29) is 39.8 Å². The fourth-order valence-electron chi connectivity index (χ4n) is 5.26. The second-order valence-corrected chi connectivity index (χ2v) is 11.8. The highest BCUT2D eigenvalue weighted by atomic mass is 32.2. The summed E-state index contributed by atoms with van der Waals surface area (Å²) in [6.07, 6.45) is 6.17. The number of ether oxygens (including phenoxy) is 1. The number of amides is 2. The number of carbonyl (C=O) groups is 2. The number of nitrogens with two attached hydrogens (primary N) is 1. The Balaban J connectivity index is 1.16. The monoisotopic (exact) mass is 505 g/mol. The van der Waals surface area contributed by atoms with Crippen LogP contribution < -0.4 is 15.8 Å². The molecule has 2 aliphatic rings. The maximum Gasteiger partial charge on any atom is 0.254 e. The Morgan fingerprint density at radius 1 is 1.00 bits per heavy atom. The zero-order valence-corrected chi connectivity index (χ0v) is 20.6. The molecule has 0 atom stereocenters. The average Bonchev–Trinajstić information content (AvgIpc) is 2.81. The molecule has 5 rings (SSSR count). The third kappa shape index (κ3) is 4.83. The lowest BCUT2D eigenvalue weighted by Crippen LogP contribution is -2.58. The minimum absolute atomic E-state index is 0.0194. The van der Waals surface area contributed by atoms with Crippen LogP contribution in [0.5, 0.6) is 5.88 Å². The van der Waals surface area contributed by atoms with E-state index in [2.05, 4.69) is 10.3 Å². The Hall–Kier alpha value is -3.72. The van der Waals surface area contributed by atoms with Gasteiger partial charge in [-0.05, 0) is 78.6 Å². The smallest absolute Gasteiger partial charge is 0.254 e. The number of hydrogen-bond acceptors (Lipinski definition) is 6. The van der Waals surface area contributed by atoms with E-state index in [0.29, 0.717) is 5.56 Å². The lowest BCUT2D eigenvalue weighted by atomic mass is 9.53. The third-order valence-corrected chi connectivity index (χ3v) is 8.16. The minimum Gasteiger partial charge on any atom is -0.474 e. The molecule has 9 heteroatoms. The molecule has 8 nitrogen and oxygen atoms in total. The van der Waals surface area contributed by atoms with E-state index < -0.39 is 15.7 Å². The highest BCUT2D eigenvalue weighted by Crippen LogP contribution is 2.56. The van der Waals surface area contributed by atoms with Crippen LogP contribution in [0.15, 0.2) is 71.8 Å². The Kier molecular flexibility index (Phi) is 6.04. The number of nitrogens with one attached hydrogen (secondary N) is 1. The highest BCUT2D eigenvalue weighted by molar-refractivity contribution is 7.90. The van der Waals surface area contributed by atoms with Crippen LogP contribution in [0.2, 0.25) is 0 Å². The van der Waals surface area contributed by atoms with Gasteiger partial charge in [0, 0.05) is 24.1 Å². The molecule has 0 unspecified atom stereocenters. The van der Waals surface area contributed by atoms with Crippen molar-refractivity contribution < 1.29 is 22.7 Å². The van der Waals surface area contributed by atoms with Crippen molar-refractivity contribution >= 4 is 21.7 Å². The zero-order valence-electron chi connectivity index (χ0n) is 19.8. The standard InChI is InChI=1S/C27H27N3O5S/c1-36(33,34)22-8-3-6-18(12-22)17-5-2-7-19(11-17)25(32)30-20-13-27(14-20)15-21(16-27)35-26-23(24(28)31)9-4-10-29-26/h2-12,20-21H,13-16H2,1H3,(H2,28,31)(H,30,32). The van der Waals surface area contributed by atoms with Crippen molar-refractivity contribution in [2.24, 2.45) is 11.1 Å². The van der Waals surface area contributed by atoms with Gasteiger partial charge in [0.25, 0.3) is 11.8 Å². The fraction of sp³-hybridized carbons (Fsp3) is 0.296. The molecule has 0 bridgehead atoms. The molecule has 2 fully saturated rings. The maximum atomic E-state index is 12.9. The predicted molar refractivity (Wildman–Crippen MR) is 134 cm³/mol. The van der Waals surface area contributed by atoms with Crippen LogP contribution in [-0.4, -0.2) is 43.6 Å². The lowest BCUT2D eigenvalue weighted by Gasteiger charge is -2.57. The number of hydrogen-bond donors (Lipinski definition) is 2. The fourth-order valence-corrected chi connectivity index (χ4v) is 5.92. The van der Waals surface area contributed by atoms with Crippen LogP contribution in [0.25, 0.3) is 11.1 Å². The summed E-state index contributed by atoms with van der Waals surface area (Å²) in [5.41, 5.74) is 7.88. The van der Waals surface area contributed by atoms with Crippen molar-refractivity contribution in [1.82, 2.24) is 10.3 Å². The van der Waals surface area contributed by atoms with Crippen molar-refractivity contribution in [1.29, 1.82) is 0 Å². The van der Waals surface area contributed by atoms with Crippen LogP contribution in [-0.2, 0) is 9.84 Å². The molecule has 36 heavy (non-hydrogen) atoms. The summed E-state index contributed by atoms with van der Waals surface area (Å²) in [6.45, 7) is 0. The summed E-state index contributed by atoms with van der Waals surface area (Å²) in [4.78, 5) is 28.8. The lowest BCUT2D eigenvalue weighted by molar-refractivity contribution is -0.0848. The molecule has 0 radical (unpaired) electrons. The third-order valence-electron chi connectivity index (χ3n) is 7.05. The minimum atomic E-state index is -3.32. The van der Waals surface area contributed by atoms with E-state index in [1.807, 2.05) is 12.1 Å². The van der Waals surface area contributed by atoms with E-state index in [0.717, 1.165) is 36.8 Å². The van der Waals surface area contributed by atoms with Crippen molar-refractivity contribution in [3.05, 3.63) is 78.0 Å². The second kappa shape index (κ2) is 9.05. The average molecular weight is 506 g/mol. The van der Waals surface area contributed by atoms with Crippen LogP contribution in [0.3, 0.4) is 0 Å². The van der Waals surface area contributed by atoms with Gasteiger partial charge in [-0.3, -0.25) is 9.59 Å². The first kappa shape index (κ1) is 24.0. The molecule has 1 spiro atoms. The summed E-state index contributed by atoms with van der Waals surface area (Å²) in [5, 5.41) is 3.11. The number of benzene rings is 2. The van der Waals surface area contributed by atoms with Gasteiger partial charge >= 0.3 is 0 Å². The topological polar surface area (TPSA) is 128 Å². The Labute approximate surface area is 209 Å². The SMILES string of the molecule is CS(=O)(=O)c1cccc(-c2cccc(C(=O)NC3CC4(C3)CC(Oc3ncccc3C(N)=O)C4)c2)c1. The van der Waals surface area contributed by atoms with E-state index >= 15 is 0 Å². The molecule has 2 aliphatic carbocycles. The molecule has 186 valence electrons. The van der Waals surface area contributed by atoms with Gasteiger partial charge in [-0.25, -0.2) is 13.4 Å². The van der Waals surface area contributed by atoms with Gasteiger partial charge in [0.1, 0.15) is 11.7 Å². The number of aromatic nitrogens is 1. The molecular weight excluding hydrogens is 478 g/mol. The summed E-state index contributed by atoms with van der Waals surface area (Å²) in [6, 6.07) is 17.2. The molecule has 2 aromatic carbocycles. The van der Waals surface area contributed by atoms with Crippen LogP contribution in [0, 0.1) is 5.41 Å². The van der Waals surface area contributed by atoms with Crippen molar-refractivity contribution in [3.8, 4) is 17.0 Å². The molecule has 3 aromatic rings. The van der Waals surface area contributed by atoms with E-state index in [1.54, 1.807) is 54.7 Å². The summed E-state index contributed by atoms with van der Waals surface area (Å²) >= 11 is 0. The van der Waals surface area contributed by atoms with Gasteiger partial charge in [-0.2, -0.15) is 0 Å². The molecule has 0 aliphatic heterocycles. The first-order valence-electron chi connectivity index (χ1n) is 11.7. The molecule has 1 heterocycles. The van der Waals surface area contributed by atoms with Crippen molar-refractivity contribution in [2.75, 3.05) is 6.26 Å². The summed E-state index contributed by atoms with van der Waals surface area (Å²) in [5.74, 6) is -0.440. The summed E-state index contributed by atoms with van der Waals surface area (Å²) < 4.78 is 29.7. The van der Waals surface area contributed by atoms with Crippen molar-refractivity contribution in [2.45, 2.75) is 42.7 Å². The highest BCUT2D eigenvalue weighted by Gasteiger charge is 2.54. The number of nitrogens with zero attached hydrogens (tertiary/aromatic N) is 1. The van der Waals surface area contributed by atoms with Gasteiger partial charge in [0.05, 0.1) is 4.90 Å². The first-order valence-corrected chi connectivity index (χ1v) is 13.6. The van der Waals surface area contributed by atoms with E-state index in [1.165, 1.54) is 6.26 Å². The Morgan fingerprint density at radius 2 is 1.69 bits per heavy atom. The molecule has 2 saturated carbocycles. The van der Waals surface area contributed by atoms with Gasteiger partial charge < -0.3 is 15.8 Å². The van der Waals surface area contributed by atoms with Crippen LogP contribution in [0.1, 0.15) is 46.4 Å². The number of carbonyl (C=O) groups excluding carboxylic acids is 2. The molecule has 3 N–H and O–H groups in total. The van der Waals surface area contributed by atoms with Gasteiger partial charge in [-0.1, -0.05) is 24.3 Å². The van der Waals surface area contributed by atoms with Gasteiger partial charge in [0.2, 0.25) is 5.88 Å². The first-order chi connectivity index (χ1) is 17.1. The molecule has 0 saturated heterocycles. The van der Waals surface area contributed by atoms with Gasteiger partial charge in [0.15, 0.2) is 9.84 Å². The number of rotatable bonds is 7. The van der Waals surface area contributed by atoms with Crippen molar-refractivity contribution in [3.63, 3.8) is 0 Å². The largest absolute Gasteiger partial charge is 0.474 e. The Bertz CT molecular complexity index is 1440. The normalized spacial score (nSPS) is 22.8.